The lowest BCUT2D eigenvalue weighted by Gasteiger charge is -2.43. The van der Waals surface area contributed by atoms with E-state index >= 15 is 0 Å². The third-order valence-corrected chi connectivity index (χ3v) is 4.19. The number of hydrogen-bond acceptors (Lipinski definition) is 2. The summed E-state index contributed by atoms with van der Waals surface area (Å²) >= 11 is 3.60. The molecule has 86 valence electrons. The summed E-state index contributed by atoms with van der Waals surface area (Å²) in [5, 5.41) is 3.49. The third kappa shape index (κ3) is 1.66. The average Bonchev–Trinajstić information content (AvgIpc) is 2.28. The van der Waals surface area contributed by atoms with E-state index in [4.69, 9.17) is 0 Å². The zero-order chi connectivity index (χ0) is 11.1. The van der Waals surface area contributed by atoms with Crippen LogP contribution in [0.2, 0.25) is 0 Å². The predicted octanol–water partition coefficient (Wildman–Crippen LogP) is 2.48. The van der Waals surface area contributed by atoms with E-state index in [9.17, 15) is 0 Å². The minimum absolute atomic E-state index is 0.709. The molecule has 0 bridgehead atoms. The average molecular weight is 281 g/mol. The molecule has 0 radical (unpaired) electrons. The summed E-state index contributed by atoms with van der Waals surface area (Å²) in [6, 6.07) is 5.24. The number of piperazine rings is 1. The van der Waals surface area contributed by atoms with Crippen LogP contribution in [0.4, 0.5) is 5.69 Å². The molecular formula is C13H17BrN2. The van der Waals surface area contributed by atoms with Crippen molar-refractivity contribution in [1.82, 2.24) is 5.32 Å². The van der Waals surface area contributed by atoms with Crippen molar-refractivity contribution in [1.29, 1.82) is 0 Å². The fourth-order valence-electron chi connectivity index (χ4n) is 3.04. The first-order valence-electron chi connectivity index (χ1n) is 6.02. The second kappa shape index (κ2) is 4.04. The third-order valence-electron chi connectivity index (χ3n) is 3.73. The first-order valence-corrected chi connectivity index (χ1v) is 6.81. The Morgan fingerprint density at radius 1 is 1.44 bits per heavy atom. The van der Waals surface area contributed by atoms with Crippen molar-refractivity contribution in [2.75, 3.05) is 24.5 Å². The Hall–Kier alpha value is -0.540. The molecule has 0 aromatic heterocycles. The van der Waals surface area contributed by atoms with Crippen molar-refractivity contribution < 1.29 is 0 Å². The normalized spacial score (nSPS) is 23.9. The van der Waals surface area contributed by atoms with Crippen LogP contribution in [0.5, 0.6) is 0 Å². The molecular weight excluding hydrogens is 264 g/mol. The quantitative estimate of drug-likeness (QED) is 0.786. The summed E-state index contributed by atoms with van der Waals surface area (Å²) in [5.41, 5.74) is 4.43. The van der Waals surface area contributed by atoms with Crippen LogP contribution >= 0.6 is 15.9 Å². The van der Waals surface area contributed by atoms with Gasteiger partial charge in [-0.25, -0.2) is 0 Å². The van der Waals surface area contributed by atoms with Crippen LogP contribution in [0.3, 0.4) is 0 Å². The van der Waals surface area contributed by atoms with Crippen molar-refractivity contribution in [3.8, 4) is 0 Å². The molecule has 1 unspecified atom stereocenters. The standard InChI is InChI=1S/C13H17BrN2/c1-9-6-11(14)7-10-2-3-12-8-15-4-5-16(12)13(9)10/h6-7,12,15H,2-5,8H2,1H3. The van der Waals surface area contributed by atoms with Crippen molar-refractivity contribution in [3.05, 3.63) is 27.7 Å². The van der Waals surface area contributed by atoms with Crippen LogP contribution in [0.1, 0.15) is 17.5 Å². The Bertz CT molecular complexity index is 417. The maximum absolute atomic E-state index is 3.60. The molecule has 1 aromatic carbocycles. The molecule has 2 nitrogen and oxygen atoms in total. The lowest BCUT2D eigenvalue weighted by molar-refractivity contribution is 0.439. The van der Waals surface area contributed by atoms with Gasteiger partial charge in [-0.3, -0.25) is 0 Å². The van der Waals surface area contributed by atoms with Crippen molar-refractivity contribution in [3.63, 3.8) is 0 Å². The van der Waals surface area contributed by atoms with Crippen molar-refractivity contribution >= 4 is 21.6 Å². The second-order valence-corrected chi connectivity index (χ2v) is 5.74. The van der Waals surface area contributed by atoms with Gasteiger partial charge in [-0.2, -0.15) is 0 Å². The monoisotopic (exact) mass is 280 g/mol. The largest absolute Gasteiger partial charge is 0.366 e. The number of fused-ring (bicyclic) bond motifs is 3. The molecule has 0 amide bonds. The second-order valence-electron chi connectivity index (χ2n) is 4.82. The summed E-state index contributed by atoms with van der Waals surface area (Å²) < 4.78 is 1.22. The summed E-state index contributed by atoms with van der Waals surface area (Å²) in [4.78, 5) is 2.61. The number of nitrogens with one attached hydrogen (secondary N) is 1. The number of anilines is 1. The summed E-state index contributed by atoms with van der Waals surface area (Å²) in [7, 11) is 0. The summed E-state index contributed by atoms with van der Waals surface area (Å²) in [6.07, 6.45) is 2.51. The van der Waals surface area contributed by atoms with Crippen LogP contribution in [-0.2, 0) is 6.42 Å². The number of benzene rings is 1. The van der Waals surface area contributed by atoms with Crippen LogP contribution in [0.25, 0.3) is 0 Å². The summed E-state index contributed by atoms with van der Waals surface area (Å²) in [5.74, 6) is 0. The van der Waals surface area contributed by atoms with E-state index in [1.165, 1.54) is 34.1 Å². The van der Waals surface area contributed by atoms with E-state index in [1.807, 2.05) is 0 Å². The maximum Gasteiger partial charge on any atom is 0.0432 e. The van der Waals surface area contributed by atoms with Gasteiger partial charge in [0.05, 0.1) is 0 Å². The van der Waals surface area contributed by atoms with Crippen LogP contribution in [0, 0.1) is 6.92 Å². The molecule has 3 heteroatoms. The van der Waals surface area contributed by atoms with Crippen LogP contribution in [-0.4, -0.2) is 25.7 Å². The predicted molar refractivity (Wildman–Crippen MR) is 71.2 cm³/mol. The minimum Gasteiger partial charge on any atom is -0.366 e. The lowest BCUT2D eigenvalue weighted by atomic mass is 9.92. The van der Waals surface area contributed by atoms with E-state index in [0.717, 1.165) is 19.6 Å². The van der Waals surface area contributed by atoms with E-state index in [1.54, 1.807) is 0 Å². The van der Waals surface area contributed by atoms with Crippen molar-refractivity contribution in [2.24, 2.45) is 0 Å². The van der Waals surface area contributed by atoms with Crippen molar-refractivity contribution in [2.45, 2.75) is 25.8 Å². The van der Waals surface area contributed by atoms with Gasteiger partial charge in [-0.1, -0.05) is 15.9 Å². The highest BCUT2D eigenvalue weighted by molar-refractivity contribution is 9.10. The molecule has 1 fully saturated rings. The van der Waals surface area contributed by atoms with Crippen LogP contribution < -0.4 is 10.2 Å². The van der Waals surface area contributed by atoms with Gasteiger partial charge in [0.15, 0.2) is 0 Å². The molecule has 2 aliphatic rings. The highest BCUT2D eigenvalue weighted by Gasteiger charge is 2.29. The van der Waals surface area contributed by atoms with Gasteiger partial charge < -0.3 is 10.2 Å². The van der Waals surface area contributed by atoms with Gasteiger partial charge in [0.2, 0.25) is 0 Å². The number of nitrogens with zero attached hydrogens (tertiary/aromatic N) is 1. The highest BCUT2D eigenvalue weighted by Crippen LogP contribution is 2.36. The van der Waals surface area contributed by atoms with E-state index < -0.39 is 0 Å². The number of rotatable bonds is 0. The molecule has 0 saturated carbocycles. The number of hydrogen-bond donors (Lipinski definition) is 1. The maximum atomic E-state index is 3.60. The molecule has 0 spiro atoms. The molecule has 2 aliphatic heterocycles. The first kappa shape index (κ1) is 10.6. The number of halogens is 1. The van der Waals surface area contributed by atoms with Gasteiger partial charge in [0.25, 0.3) is 0 Å². The molecule has 3 rings (SSSR count). The van der Waals surface area contributed by atoms with E-state index in [0.29, 0.717) is 6.04 Å². The summed E-state index contributed by atoms with van der Waals surface area (Å²) in [6.45, 7) is 5.65. The Balaban J connectivity index is 2.07. The van der Waals surface area contributed by atoms with Gasteiger partial charge in [0.1, 0.15) is 0 Å². The molecule has 0 aliphatic carbocycles. The molecule has 1 saturated heterocycles. The van der Waals surface area contributed by atoms with Gasteiger partial charge in [0, 0.05) is 35.8 Å². The zero-order valence-corrected chi connectivity index (χ0v) is 11.2. The van der Waals surface area contributed by atoms with Gasteiger partial charge in [-0.15, -0.1) is 0 Å². The first-order chi connectivity index (χ1) is 7.75. The lowest BCUT2D eigenvalue weighted by Crippen LogP contribution is -2.53. The fourth-order valence-corrected chi connectivity index (χ4v) is 3.66. The Morgan fingerprint density at radius 3 is 3.19 bits per heavy atom. The molecule has 1 atom stereocenters. The Kier molecular flexibility index (Phi) is 2.68. The van der Waals surface area contributed by atoms with Gasteiger partial charge >= 0.3 is 0 Å². The van der Waals surface area contributed by atoms with E-state index in [-0.39, 0.29) is 0 Å². The zero-order valence-electron chi connectivity index (χ0n) is 9.59. The molecule has 1 aromatic rings. The SMILES string of the molecule is Cc1cc(Br)cc2c1N1CCNCC1CC2. The number of aryl methyl sites for hydroxylation is 2. The van der Waals surface area contributed by atoms with Gasteiger partial charge in [-0.05, 0) is 43.0 Å². The van der Waals surface area contributed by atoms with Crippen LogP contribution in [0.15, 0.2) is 16.6 Å². The molecule has 16 heavy (non-hydrogen) atoms. The fraction of sp³-hybridized carbons (Fsp3) is 0.538. The smallest absolute Gasteiger partial charge is 0.0432 e. The highest BCUT2D eigenvalue weighted by atomic mass is 79.9. The van der Waals surface area contributed by atoms with E-state index in [2.05, 4.69) is 45.2 Å². The topological polar surface area (TPSA) is 15.3 Å². The Morgan fingerprint density at radius 2 is 2.31 bits per heavy atom. The Labute approximate surface area is 105 Å². The minimum atomic E-state index is 0.709. The molecule has 1 N–H and O–H groups in total. The molecule has 2 heterocycles.